The molecule has 0 atom stereocenters. The fraction of sp³-hybridized carbons (Fsp3) is 0.533. The molecule has 0 aromatic heterocycles. The Kier molecular flexibility index (Phi) is 11.7. The molecular weight excluding hydrogens is 397 g/mol. The predicted octanol–water partition coefficient (Wildman–Crippen LogP) is 2.74. The average molecular weight is 423 g/mol. The van der Waals surface area contributed by atoms with Gasteiger partial charge in [-0.3, -0.25) is 4.99 Å². The number of rotatable bonds is 8. The van der Waals surface area contributed by atoms with Crippen molar-refractivity contribution in [1.29, 1.82) is 0 Å². The van der Waals surface area contributed by atoms with Crippen LogP contribution in [0.1, 0.15) is 13.8 Å². The number of benzene rings is 1. The van der Waals surface area contributed by atoms with Gasteiger partial charge in [-0.15, -0.1) is 24.0 Å². The lowest BCUT2D eigenvalue weighted by Crippen LogP contribution is -2.31. The van der Waals surface area contributed by atoms with E-state index in [0.717, 1.165) is 12.2 Å². The fourth-order valence-corrected chi connectivity index (χ4v) is 1.72. The normalized spacial score (nSPS) is 10.6. The molecule has 0 heterocycles. The van der Waals surface area contributed by atoms with Gasteiger partial charge >= 0.3 is 0 Å². The van der Waals surface area contributed by atoms with Crippen molar-refractivity contribution in [1.82, 2.24) is 5.32 Å². The molecule has 0 aliphatic heterocycles. The first-order valence-electron chi connectivity index (χ1n) is 7.10. The Morgan fingerprint density at radius 3 is 2.55 bits per heavy atom. The van der Waals surface area contributed by atoms with E-state index >= 15 is 0 Å². The molecule has 0 amide bonds. The molecular formula is C15H26IN3O3. The van der Waals surface area contributed by atoms with Crippen LogP contribution < -0.4 is 20.1 Å². The smallest absolute Gasteiger partial charge is 0.195 e. The Morgan fingerprint density at radius 1 is 1.18 bits per heavy atom. The topological polar surface area (TPSA) is 64.1 Å². The molecule has 6 nitrogen and oxygen atoms in total. The number of methoxy groups -OCH3 is 2. The van der Waals surface area contributed by atoms with Crippen LogP contribution in [0.2, 0.25) is 0 Å². The molecule has 2 N–H and O–H groups in total. The molecule has 22 heavy (non-hydrogen) atoms. The zero-order valence-electron chi connectivity index (χ0n) is 13.6. The molecule has 0 saturated carbocycles. The van der Waals surface area contributed by atoms with Crippen molar-refractivity contribution >= 4 is 35.6 Å². The lowest BCUT2D eigenvalue weighted by Gasteiger charge is -2.14. The first-order valence-corrected chi connectivity index (χ1v) is 7.10. The second-order valence-corrected chi connectivity index (χ2v) is 4.18. The summed E-state index contributed by atoms with van der Waals surface area (Å²) in [6, 6.07) is 5.68. The van der Waals surface area contributed by atoms with Crippen molar-refractivity contribution in [3.05, 3.63) is 18.2 Å². The Hall–Kier alpha value is -1.22. The molecule has 0 unspecified atom stereocenters. The number of nitrogens with zero attached hydrogens (tertiary/aromatic N) is 1. The molecule has 0 aliphatic carbocycles. The monoisotopic (exact) mass is 423 g/mol. The van der Waals surface area contributed by atoms with Crippen LogP contribution in [0.15, 0.2) is 23.2 Å². The number of ether oxygens (including phenoxy) is 3. The van der Waals surface area contributed by atoms with Crippen LogP contribution in [0.3, 0.4) is 0 Å². The minimum atomic E-state index is 0. The van der Waals surface area contributed by atoms with E-state index in [4.69, 9.17) is 14.2 Å². The van der Waals surface area contributed by atoms with E-state index in [1.54, 1.807) is 14.2 Å². The fourth-order valence-electron chi connectivity index (χ4n) is 1.72. The quantitative estimate of drug-likeness (QED) is 0.292. The summed E-state index contributed by atoms with van der Waals surface area (Å²) in [7, 11) is 3.29. The van der Waals surface area contributed by atoms with Crippen molar-refractivity contribution < 1.29 is 14.2 Å². The molecule has 0 spiro atoms. The Bertz CT molecular complexity index is 456. The maximum absolute atomic E-state index is 5.56. The van der Waals surface area contributed by atoms with Crippen molar-refractivity contribution in [2.24, 2.45) is 4.99 Å². The molecule has 0 saturated heterocycles. The third-order valence-electron chi connectivity index (χ3n) is 2.64. The summed E-state index contributed by atoms with van der Waals surface area (Å²) in [6.07, 6.45) is 0. The summed E-state index contributed by atoms with van der Waals surface area (Å²) in [5.74, 6) is 2.13. The van der Waals surface area contributed by atoms with Crippen LogP contribution in [0.25, 0.3) is 0 Å². The zero-order valence-corrected chi connectivity index (χ0v) is 16.0. The van der Waals surface area contributed by atoms with Crippen LogP contribution in [-0.2, 0) is 4.74 Å². The third-order valence-corrected chi connectivity index (χ3v) is 2.64. The van der Waals surface area contributed by atoms with Crippen molar-refractivity contribution in [2.75, 3.05) is 45.8 Å². The highest BCUT2D eigenvalue weighted by molar-refractivity contribution is 14.0. The molecule has 1 aromatic carbocycles. The largest absolute Gasteiger partial charge is 0.493 e. The first kappa shape index (κ1) is 20.8. The van der Waals surface area contributed by atoms with E-state index in [0.29, 0.717) is 37.2 Å². The van der Waals surface area contributed by atoms with Crippen molar-refractivity contribution in [3.8, 4) is 11.5 Å². The Balaban J connectivity index is 0.00000441. The third kappa shape index (κ3) is 7.17. The van der Waals surface area contributed by atoms with Crippen molar-refractivity contribution in [3.63, 3.8) is 0 Å². The number of hydrogen-bond donors (Lipinski definition) is 2. The summed E-state index contributed by atoms with van der Waals surface area (Å²) >= 11 is 0. The minimum Gasteiger partial charge on any atom is -0.493 e. The second-order valence-electron chi connectivity index (χ2n) is 4.18. The van der Waals surface area contributed by atoms with E-state index in [1.807, 2.05) is 32.0 Å². The van der Waals surface area contributed by atoms with Gasteiger partial charge in [0.15, 0.2) is 17.5 Å². The number of guanidine groups is 1. The average Bonchev–Trinajstić information content (AvgIpc) is 2.48. The van der Waals surface area contributed by atoms with Gasteiger partial charge in [0.05, 0.1) is 26.9 Å². The second kappa shape index (κ2) is 12.3. The zero-order chi connectivity index (χ0) is 15.5. The van der Waals surface area contributed by atoms with Crippen LogP contribution in [-0.4, -0.2) is 46.5 Å². The van der Waals surface area contributed by atoms with Gasteiger partial charge in [0, 0.05) is 25.4 Å². The highest BCUT2D eigenvalue weighted by Crippen LogP contribution is 2.30. The molecule has 0 aliphatic rings. The highest BCUT2D eigenvalue weighted by Gasteiger charge is 2.06. The van der Waals surface area contributed by atoms with E-state index in [1.165, 1.54) is 0 Å². The number of hydrogen-bond acceptors (Lipinski definition) is 4. The minimum absolute atomic E-state index is 0. The lowest BCUT2D eigenvalue weighted by molar-refractivity contribution is 0.208. The van der Waals surface area contributed by atoms with Crippen LogP contribution in [0.5, 0.6) is 11.5 Å². The maximum atomic E-state index is 5.56. The summed E-state index contributed by atoms with van der Waals surface area (Å²) in [5, 5.41) is 6.42. The van der Waals surface area contributed by atoms with Crippen LogP contribution in [0.4, 0.5) is 5.69 Å². The molecule has 0 radical (unpaired) electrons. The molecule has 7 heteroatoms. The van der Waals surface area contributed by atoms with Gasteiger partial charge < -0.3 is 24.8 Å². The van der Waals surface area contributed by atoms with Crippen LogP contribution in [0, 0.1) is 0 Å². The highest BCUT2D eigenvalue weighted by atomic mass is 127. The summed E-state index contributed by atoms with van der Waals surface area (Å²) in [4.78, 5) is 4.41. The SMILES string of the molecule is CCNC(=NCCOC)Nc1ccc(OC)c(OCC)c1.I. The molecule has 126 valence electrons. The van der Waals surface area contributed by atoms with Gasteiger partial charge in [0.1, 0.15) is 0 Å². The summed E-state index contributed by atoms with van der Waals surface area (Å²) in [5.41, 5.74) is 0.886. The van der Waals surface area contributed by atoms with E-state index in [9.17, 15) is 0 Å². The number of aliphatic imine (C=N–C) groups is 1. The molecule has 0 fully saturated rings. The van der Waals surface area contributed by atoms with Gasteiger partial charge in [-0.05, 0) is 26.0 Å². The van der Waals surface area contributed by atoms with Gasteiger partial charge in [-0.1, -0.05) is 0 Å². The maximum Gasteiger partial charge on any atom is 0.195 e. The summed E-state index contributed by atoms with van der Waals surface area (Å²) < 4.78 is 15.8. The number of anilines is 1. The standard InChI is InChI=1S/C15H25N3O3.HI/c1-5-16-15(17-9-10-19-3)18-12-7-8-13(20-4)14(11-12)21-6-2;/h7-8,11H,5-6,9-10H2,1-4H3,(H2,16,17,18);1H. The lowest BCUT2D eigenvalue weighted by atomic mass is 10.2. The molecule has 0 bridgehead atoms. The number of halogens is 1. The Labute approximate surface area is 149 Å². The van der Waals surface area contributed by atoms with E-state index in [2.05, 4.69) is 15.6 Å². The van der Waals surface area contributed by atoms with Gasteiger partial charge in [0.2, 0.25) is 0 Å². The Morgan fingerprint density at radius 2 is 1.95 bits per heavy atom. The first-order chi connectivity index (χ1) is 10.2. The van der Waals surface area contributed by atoms with Gasteiger partial charge in [-0.25, -0.2) is 0 Å². The van der Waals surface area contributed by atoms with Crippen molar-refractivity contribution in [2.45, 2.75) is 13.8 Å². The molecule has 1 aromatic rings. The molecule has 1 rings (SSSR count). The number of nitrogens with one attached hydrogen (secondary N) is 2. The summed E-state index contributed by atoms with van der Waals surface area (Å²) in [6.45, 7) is 6.52. The van der Waals surface area contributed by atoms with E-state index < -0.39 is 0 Å². The predicted molar refractivity (Wildman–Crippen MR) is 101 cm³/mol. The van der Waals surface area contributed by atoms with Gasteiger partial charge in [-0.2, -0.15) is 0 Å². The van der Waals surface area contributed by atoms with Gasteiger partial charge in [0.25, 0.3) is 0 Å². The van der Waals surface area contributed by atoms with E-state index in [-0.39, 0.29) is 24.0 Å². The van der Waals surface area contributed by atoms with Crippen LogP contribution >= 0.6 is 24.0 Å².